The number of hydrogen-bond acceptors (Lipinski definition) is 3. The number of halogens is 2. The van der Waals surface area contributed by atoms with E-state index in [9.17, 15) is 9.18 Å². The summed E-state index contributed by atoms with van der Waals surface area (Å²) in [5.41, 5.74) is 0.876. The quantitative estimate of drug-likeness (QED) is 0.431. The molecule has 0 unspecified atom stereocenters. The molecule has 124 valence electrons. The molecule has 1 aromatic heterocycles. The van der Waals surface area contributed by atoms with E-state index in [-0.39, 0.29) is 10.8 Å². The van der Waals surface area contributed by atoms with Crippen LogP contribution in [0.3, 0.4) is 0 Å². The Hall–Kier alpha value is -2.14. The molecule has 0 aliphatic carbocycles. The average Bonchev–Trinajstić information content (AvgIpc) is 2.60. The highest BCUT2D eigenvalue weighted by molar-refractivity contribution is 9.09. The first kappa shape index (κ1) is 16.7. The number of benzene rings is 2. The standard InChI is InChI=1S/C19H16BrFO3/c20-9-1-2-10-23-15-6-3-13(4-7-15)19-12-17(22)16-11-14(21)5-8-18(16)24-19/h3-8,11-12H,1-2,9-10H2. The first-order valence-electron chi connectivity index (χ1n) is 7.70. The monoisotopic (exact) mass is 390 g/mol. The molecule has 0 atom stereocenters. The lowest BCUT2D eigenvalue weighted by Crippen LogP contribution is -2.01. The topological polar surface area (TPSA) is 39.4 Å². The van der Waals surface area contributed by atoms with Crippen LogP contribution < -0.4 is 10.2 Å². The van der Waals surface area contributed by atoms with Gasteiger partial charge in [-0.25, -0.2) is 4.39 Å². The molecule has 0 aliphatic heterocycles. The number of fused-ring (bicyclic) bond motifs is 1. The minimum atomic E-state index is -0.455. The SMILES string of the molecule is O=c1cc(-c2ccc(OCCCCBr)cc2)oc2ccc(F)cc12. The van der Waals surface area contributed by atoms with E-state index in [0.717, 1.165) is 29.5 Å². The van der Waals surface area contributed by atoms with E-state index in [2.05, 4.69) is 15.9 Å². The van der Waals surface area contributed by atoms with Crippen molar-refractivity contribution >= 4 is 26.9 Å². The van der Waals surface area contributed by atoms with Gasteiger partial charge in [-0.15, -0.1) is 0 Å². The predicted molar refractivity (Wildman–Crippen MR) is 96.4 cm³/mol. The molecule has 0 aliphatic rings. The molecule has 3 rings (SSSR count). The summed E-state index contributed by atoms with van der Waals surface area (Å²) >= 11 is 3.39. The third kappa shape index (κ3) is 3.85. The molecule has 5 heteroatoms. The third-order valence-corrected chi connectivity index (χ3v) is 4.19. The van der Waals surface area contributed by atoms with Crippen molar-refractivity contribution in [2.24, 2.45) is 0 Å². The zero-order chi connectivity index (χ0) is 16.9. The normalized spacial score (nSPS) is 10.9. The Morgan fingerprint density at radius 1 is 1.04 bits per heavy atom. The molecule has 0 radical (unpaired) electrons. The van der Waals surface area contributed by atoms with Crippen LogP contribution in [0.1, 0.15) is 12.8 Å². The number of rotatable bonds is 6. The van der Waals surface area contributed by atoms with Gasteiger partial charge >= 0.3 is 0 Å². The highest BCUT2D eigenvalue weighted by atomic mass is 79.9. The van der Waals surface area contributed by atoms with Crippen molar-refractivity contribution in [2.45, 2.75) is 12.8 Å². The Morgan fingerprint density at radius 2 is 1.83 bits per heavy atom. The Morgan fingerprint density at radius 3 is 2.58 bits per heavy atom. The lowest BCUT2D eigenvalue weighted by Gasteiger charge is -2.07. The second-order valence-electron chi connectivity index (χ2n) is 5.38. The minimum absolute atomic E-state index is 0.241. The van der Waals surface area contributed by atoms with Crippen molar-refractivity contribution < 1.29 is 13.5 Å². The fourth-order valence-corrected chi connectivity index (χ4v) is 2.77. The molecule has 2 aromatic carbocycles. The van der Waals surface area contributed by atoms with Gasteiger partial charge in [-0.3, -0.25) is 4.79 Å². The Bertz CT molecular complexity index is 887. The van der Waals surface area contributed by atoms with Gasteiger partial charge in [0.1, 0.15) is 22.9 Å². The van der Waals surface area contributed by atoms with Gasteiger partial charge in [0.2, 0.25) is 0 Å². The maximum Gasteiger partial charge on any atom is 0.193 e. The molecule has 0 fully saturated rings. The molecular formula is C19H16BrFO3. The molecule has 0 bridgehead atoms. The predicted octanol–water partition coefficient (Wildman–Crippen LogP) is 5.15. The van der Waals surface area contributed by atoms with Gasteiger partial charge in [-0.1, -0.05) is 15.9 Å². The highest BCUT2D eigenvalue weighted by Crippen LogP contribution is 2.24. The Labute approximate surface area is 147 Å². The van der Waals surface area contributed by atoms with Crippen molar-refractivity contribution in [2.75, 3.05) is 11.9 Å². The lowest BCUT2D eigenvalue weighted by molar-refractivity contribution is 0.310. The van der Waals surface area contributed by atoms with Gasteiger partial charge in [0.15, 0.2) is 5.43 Å². The van der Waals surface area contributed by atoms with Crippen LogP contribution in [0.25, 0.3) is 22.3 Å². The van der Waals surface area contributed by atoms with E-state index < -0.39 is 5.82 Å². The molecule has 3 aromatic rings. The van der Waals surface area contributed by atoms with Crippen LogP contribution in [0, 0.1) is 5.82 Å². The van der Waals surface area contributed by atoms with E-state index in [1.807, 2.05) is 24.3 Å². The Kier molecular flexibility index (Phi) is 5.30. The van der Waals surface area contributed by atoms with Crippen molar-refractivity contribution in [3.05, 3.63) is 64.6 Å². The van der Waals surface area contributed by atoms with Crippen molar-refractivity contribution in [1.82, 2.24) is 0 Å². The van der Waals surface area contributed by atoms with Crippen LogP contribution in [0.15, 0.2) is 57.7 Å². The largest absolute Gasteiger partial charge is 0.494 e. The molecular weight excluding hydrogens is 375 g/mol. The van der Waals surface area contributed by atoms with E-state index in [0.29, 0.717) is 18.0 Å². The first-order chi connectivity index (χ1) is 11.7. The molecule has 1 heterocycles. The van der Waals surface area contributed by atoms with Crippen LogP contribution in [-0.2, 0) is 0 Å². The smallest absolute Gasteiger partial charge is 0.193 e. The molecule has 0 spiro atoms. The third-order valence-electron chi connectivity index (χ3n) is 3.62. The summed E-state index contributed by atoms with van der Waals surface area (Å²) in [6.07, 6.45) is 2.06. The Balaban J connectivity index is 1.82. The van der Waals surface area contributed by atoms with Gasteiger partial charge in [-0.05, 0) is 55.3 Å². The lowest BCUT2D eigenvalue weighted by atomic mass is 10.1. The molecule has 24 heavy (non-hydrogen) atoms. The summed E-state index contributed by atoms with van der Waals surface area (Å²) in [6, 6.07) is 12.7. The van der Waals surface area contributed by atoms with E-state index in [1.165, 1.54) is 24.3 Å². The van der Waals surface area contributed by atoms with Crippen molar-refractivity contribution in [1.29, 1.82) is 0 Å². The molecule has 0 saturated heterocycles. The summed E-state index contributed by atoms with van der Waals surface area (Å²) in [6.45, 7) is 0.668. The van der Waals surface area contributed by atoms with Crippen molar-refractivity contribution in [3.8, 4) is 17.1 Å². The van der Waals surface area contributed by atoms with Gasteiger partial charge in [-0.2, -0.15) is 0 Å². The highest BCUT2D eigenvalue weighted by Gasteiger charge is 2.08. The number of ether oxygens (including phenoxy) is 1. The van der Waals surface area contributed by atoms with E-state index in [4.69, 9.17) is 9.15 Å². The molecule has 3 nitrogen and oxygen atoms in total. The second kappa shape index (κ2) is 7.62. The first-order valence-corrected chi connectivity index (χ1v) is 8.82. The van der Waals surface area contributed by atoms with Crippen molar-refractivity contribution in [3.63, 3.8) is 0 Å². The fraction of sp³-hybridized carbons (Fsp3) is 0.211. The maximum atomic E-state index is 13.2. The van der Waals surface area contributed by atoms with Crippen LogP contribution in [-0.4, -0.2) is 11.9 Å². The second-order valence-corrected chi connectivity index (χ2v) is 6.18. The van der Waals surface area contributed by atoms with E-state index >= 15 is 0 Å². The molecule has 0 amide bonds. The summed E-state index contributed by atoms with van der Waals surface area (Å²) in [7, 11) is 0. The zero-order valence-electron chi connectivity index (χ0n) is 12.9. The van der Waals surface area contributed by atoms with Crippen LogP contribution in [0.4, 0.5) is 4.39 Å². The number of unbranched alkanes of at least 4 members (excludes halogenated alkanes) is 1. The minimum Gasteiger partial charge on any atom is -0.494 e. The number of alkyl halides is 1. The number of hydrogen-bond donors (Lipinski definition) is 0. The van der Waals surface area contributed by atoms with Gasteiger partial charge in [0.25, 0.3) is 0 Å². The van der Waals surface area contributed by atoms with Gasteiger partial charge in [0, 0.05) is 17.0 Å². The fourth-order valence-electron chi connectivity index (χ4n) is 2.37. The van der Waals surface area contributed by atoms with Crippen LogP contribution in [0.5, 0.6) is 5.75 Å². The van der Waals surface area contributed by atoms with Crippen LogP contribution >= 0.6 is 15.9 Å². The zero-order valence-corrected chi connectivity index (χ0v) is 14.5. The summed E-state index contributed by atoms with van der Waals surface area (Å²) in [5.74, 6) is 0.771. The maximum absolute atomic E-state index is 13.2. The van der Waals surface area contributed by atoms with Crippen LogP contribution in [0.2, 0.25) is 0 Å². The summed E-state index contributed by atoms with van der Waals surface area (Å²) in [5, 5.41) is 1.21. The average molecular weight is 391 g/mol. The summed E-state index contributed by atoms with van der Waals surface area (Å²) < 4.78 is 24.6. The van der Waals surface area contributed by atoms with E-state index in [1.54, 1.807) is 0 Å². The van der Waals surface area contributed by atoms with Gasteiger partial charge in [0.05, 0.1) is 12.0 Å². The molecule has 0 saturated carbocycles. The van der Waals surface area contributed by atoms with Gasteiger partial charge < -0.3 is 9.15 Å². The molecule has 0 N–H and O–H groups in total. The summed E-state index contributed by atoms with van der Waals surface area (Å²) in [4.78, 5) is 12.1.